The Bertz CT molecular complexity index is 637. The number of hydrazone groups is 1. The van der Waals surface area contributed by atoms with E-state index in [1.165, 1.54) is 17.6 Å². The number of amides is 1. The minimum atomic E-state index is -0.258. The average Bonchev–Trinajstić information content (AvgIpc) is 2.71. The van der Waals surface area contributed by atoms with E-state index >= 15 is 0 Å². The Balaban J connectivity index is 2.05. The maximum atomic E-state index is 11.9. The molecule has 0 fully saturated rings. The summed E-state index contributed by atoms with van der Waals surface area (Å²) in [4.78, 5) is 16.6. The summed E-state index contributed by atoms with van der Waals surface area (Å²) in [5, 5.41) is 5.35. The summed E-state index contributed by atoms with van der Waals surface area (Å²) in [5.74, 6) is -0.258. The van der Waals surface area contributed by atoms with E-state index in [1.807, 2.05) is 25.1 Å². The Hall–Kier alpha value is -1.72. The number of carbonyl (C=O) groups excluding carboxylic acids is 1. The van der Waals surface area contributed by atoms with Crippen molar-refractivity contribution < 1.29 is 4.79 Å². The number of hydrogen-bond acceptors (Lipinski definition) is 4. The number of aromatic nitrogens is 1. The number of halogens is 1. The van der Waals surface area contributed by atoms with Gasteiger partial charge in [-0.2, -0.15) is 5.10 Å². The molecule has 0 saturated carbocycles. The highest BCUT2D eigenvalue weighted by atomic mass is 35.5. The van der Waals surface area contributed by atoms with E-state index in [2.05, 4.69) is 15.5 Å². The van der Waals surface area contributed by atoms with Gasteiger partial charge >= 0.3 is 0 Å². The maximum Gasteiger partial charge on any atom is 0.283 e. The van der Waals surface area contributed by atoms with Crippen LogP contribution in [0, 0.1) is 13.8 Å². The van der Waals surface area contributed by atoms with Gasteiger partial charge in [0, 0.05) is 10.6 Å². The minimum Gasteiger partial charge on any atom is -0.266 e. The van der Waals surface area contributed by atoms with Crippen molar-refractivity contribution in [1.82, 2.24) is 10.4 Å². The molecule has 1 heterocycles. The number of thiazole rings is 1. The van der Waals surface area contributed by atoms with Crippen LogP contribution in [-0.2, 0) is 0 Å². The van der Waals surface area contributed by atoms with Crippen molar-refractivity contribution in [1.29, 1.82) is 0 Å². The monoisotopic (exact) mass is 293 g/mol. The zero-order valence-electron chi connectivity index (χ0n) is 10.5. The molecule has 4 nitrogen and oxygen atoms in total. The van der Waals surface area contributed by atoms with Crippen LogP contribution < -0.4 is 5.43 Å². The summed E-state index contributed by atoms with van der Waals surface area (Å²) < 4.78 is 0. The third kappa shape index (κ3) is 3.39. The summed E-state index contributed by atoms with van der Waals surface area (Å²) in [7, 11) is 0. The van der Waals surface area contributed by atoms with Gasteiger partial charge in [0.1, 0.15) is 4.88 Å². The van der Waals surface area contributed by atoms with Crippen LogP contribution in [0.25, 0.3) is 0 Å². The molecular weight excluding hydrogens is 282 g/mol. The van der Waals surface area contributed by atoms with Crippen molar-refractivity contribution in [2.24, 2.45) is 5.10 Å². The smallest absolute Gasteiger partial charge is 0.266 e. The van der Waals surface area contributed by atoms with Crippen LogP contribution in [0.2, 0.25) is 5.02 Å². The zero-order chi connectivity index (χ0) is 13.8. The van der Waals surface area contributed by atoms with Crippen LogP contribution in [0.4, 0.5) is 0 Å². The first-order valence-corrected chi connectivity index (χ1v) is 6.79. The molecule has 1 aromatic heterocycles. The lowest BCUT2D eigenvalue weighted by Gasteiger charge is -1.98. The number of nitrogens with zero attached hydrogens (tertiary/aromatic N) is 2. The third-order valence-corrected chi connectivity index (χ3v) is 3.80. The molecule has 2 aromatic rings. The summed E-state index contributed by atoms with van der Waals surface area (Å²) in [5.41, 5.74) is 3.94. The fraction of sp³-hybridized carbons (Fsp3) is 0.154. The van der Waals surface area contributed by atoms with Gasteiger partial charge in [-0.15, -0.1) is 11.3 Å². The highest BCUT2D eigenvalue weighted by Gasteiger charge is 2.12. The second kappa shape index (κ2) is 5.95. The van der Waals surface area contributed by atoms with E-state index in [9.17, 15) is 4.79 Å². The Morgan fingerprint density at radius 2 is 2.16 bits per heavy atom. The fourth-order valence-corrected chi connectivity index (χ4v) is 2.53. The third-order valence-electron chi connectivity index (χ3n) is 2.38. The Morgan fingerprint density at radius 1 is 1.42 bits per heavy atom. The van der Waals surface area contributed by atoms with Crippen LogP contribution >= 0.6 is 22.9 Å². The van der Waals surface area contributed by atoms with E-state index < -0.39 is 0 Å². The lowest BCUT2D eigenvalue weighted by atomic mass is 10.2. The first kappa shape index (κ1) is 13.7. The topological polar surface area (TPSA) is 54.4 Å². The zero-order valence-corrected chi connectivity index (χ0v) is 12.0. The number of nitrogens with one attached hydrogen (secondary N) is 1. The molecule has 2 rings (SSSR count). The van der Waals surface area contributed by atoms with Crippen LogP contribution in [-0.4, -0.2) is 17.1 Å². The lowest BCUT2D eigenvalue weighted by molar-refractivity contribution is 0.0958. The van der Waals surface area contributed by atoms with E-state index in [1.54, 1.807) is 13.0 Å². The molecule has 1 N–H and O–H groups in total. The molecule has 0 aliphatic heterocycles. The van der Waals surface area contributed by atoms with Gasteiger partial charge in [-0.25, -0.2) is 10.4 Å². The predicted octanol–water partition coefficient (Wildman–Crippen LogP) is 3.18. The number of benzene rings is 1. The molecule has 6 heteroatoms. The fourth-order valence-electron chi connectivity index (χ4n) is 1.53. The molecule has 1 aromatic carbocycles. The predicted molar refractivity (Wildman–Crippen MR) is 78.1 cm³/mol. The molecule has 19 heavy (non-hydrogen) atoms. The molecule has 0 aliphatic carbocycles. The van der Waals surface area contributed by atoms with Crippen molar-refractivity contribution in [2.75, 3.05) is 0 Å². The Kier molecular flexibility index (Phi) is 4.29. The molecule has 0 radical (unpaired) electrons. The number of rotatable bonds is 3. The molecule has 1 amide bonds. The van der Waals surface area contributed by atoms with Gasteiger partial charge in [0.2, 0.25) is 0 Å². The molecule has 0 aliphatic rings. The van der Waals surface area contributed by atoms with E-state index in [4.69, 9.17) is 11.6 Å². The number of hydrogen-bond donors (Lipinski definition) is 1. The Morgan fingerprint density at radius 3 is 2.79 bits per heavy atom. The van der Waals surface area contributed by atoms with E-state index in [-0.39, 0.29) is 5.91 Å². The van der Waals surface area contributed by atoms with Crippen molar-refractivity contribution >= 4 is 35.1 Å². The van der Waals surface area contributed by atoms with Gasteiger partial charge in [0.05, 0.1) is 16.9 Å². The van der Waals surface area contributed by atoms with Crippen molar-refractivity contribution in [3.63, 3.8) is 0 Å². The van der Waals surface area contributed by atoms with Gasteiger partial charge in [0.25, 0.3) is 5.91 Å². The maximum absolute atomic E-state index is 11.9. The van der Waals surface area contributed by atoms with Crippen molar-refractivity contribution in [2.45, 2.75) is 13.8 Å². The van der Waals surface area contributed by atoms with Gasteiger partial charge in [-0.1, -0.05) is 29.8 Å². The quantitative estimate of drug-likeness (QED) is 0.698. The first-order valence-electron chi connectivity index (χ1n) is 5.60. The van der Waals surface area contributed by atoms with Gasteiger partial charge in [0.15, 0.2) is 0 Å². The van der Waals surface area contributed by atoms with Crippen molar-refractivity contribution in [3.05, 3.63) is 50.4 Å². The summed E-state index contributed by atoms with van der Waals surface area (Å²) in [6, 6.07) is 7.27. The second-order valence-corrected chi connectivity index (χ2v) is 5.48. The molecule has 98 valence electrons. The summed E-state index contributed by atoms with van der Waals surface area (Å²) >= 11 is 7.32. The van der Waals surface area contributed by atoms with Gasteiger partial charge in [-0.05, 0) is 19.9 Å². The molecule has 0 atom stereocenters. The largest absolute Gasteiger partial charge is 0.283 e. The SMILES string of the molecule is Cc1nc(C)c(C(=O)N/N=C/c2ccccc2Cl)s1. The van der Waals surface area contributed by atoms with Gasteiger partial charge < -0.3 is 0 Å². The average molecular weight is 294 g/mol. The van der Waals surface area contributed by atoms with E-state index in [0.717, 1.165) is 10.6 Å². The molecular formula is C13H12ClN3OS. The van der Waals surface area contributed by atoms with Crippen LogP contribution in [0.3, 0.4) is 0 Å². The lowest BCUT2D eigenvalue weighted by Crippen LogP contribution is -2.17. The molecule has 0 saturated heterocycles. The first-order chi connectivity index (χ1) is 9.08. The normalized spacial score (nSPS) is 10.9. The number of carbonyl (C=O) groups is 1. The second-order valence-electron chi connectivity index (χ2n) is 3.87. The molecule has 0 spiro atoms. The van der Waals surface area contributed by atoms with Crippen molar-refractivity contribution in [3.8, 4) is 0 Å². The summed E-state index contributed by atoms with van der Waals surface area (Å²) in [6.07, 6.45) is 1.52. The van der Waals surface area contributed by atoms with Gasteiger partial charge in [-0.3, -0.25) is 4.79 Å². The number of aryl methyl sites for hydroxylation is 2. The minimum absolute atomic E-state index is 0.258. The van der Waals surface area contributed by atoms with E-state index in [0.29, 0.717) is 15.6 Å². The molecule has 0 unspecified atom stereocenters. The molecule has 0 bridgehead atoms. The summed E-state index contributed by atoms with van der Waals surface area (Å²) in [6.45, 7) is 3.66. The van der Waals surface area contributed by atoms with Crippen LogP contribution in [0.15, 0.2) is 29.4 Å². The van der Waals surface area contributed by atoms with Crippen LogP contribution in [0.5, 0.6) is 0 Å². The highest BCUT2D eigenvalue weighted by Crippen LogP contribution is 2.16. The highest BCUT2D eigenvalue weighted by molar-refractivity contribution is 7.13. The Labute approximate surface area is 120 Å². The van der Waals surface area contributed by atoms with Crippen LogP contribution in [0.1, 0.15) is 25.9 Å². The standard InChI is InChI=1S/C13H12ClN3OS/c1-8-12(19-9(2)16-8)13(18)17-15-7-10-5-3-4-6-11(10)14/h3-7H,1-2H3,(H,17,18)/b15-7+.